The molecule has 8 nitrogen and oxygen atoms in total. The van der Waals surface area contributed by atoms with Crippen LogP contribution >= 0.6 is 0 Å². The summed E-state index contributed by atoms with van der Waals surface area (Å²) in [5.74, 6) is -0.437. The molecule has 0 bridgehead atoms. The van der Waals surface area contributed by atoms with Crippen LogP contribution in [0.25, 0.3) is 0 Å². The van der Waals surface area contributed by atoms with Gasteiger partial charge in [0.2, 0.25) is 11.8 Å². The zero-order valence-electron chi connectivity index (χ0n) is 15.8. The van der Waals surface area contributed by atoms with Gasteiger partial charge in [-0.2, -0.15) is 0 Å². The second kappa shape index (κ2) is 9.54. The fourth-order valence-electron chi connectivity index (χ4n) is 3.57. The van der Waals surface area contributed by atoms with Gasteiger partial charge in [-0.25, -0.2) is 0 Å². The fraction of sp³-hybridized carbons (Fsp3) is 0.550. The fourth-order valence-corrected chi connectivity index (χ4v) is 3.57. The highest BCUT2D eigenvalue weighted by Crippen LogP contribution is 2.27. The lowest BCUT2D eigenvalue weighted by Crippen LogP contribution is -2.46. The van der Waals surface area contributed by atoms with Gasteiger partial charge in [0, 0.05) is 37.8 Å². The molecule has 8 heteroatoms. The Balaban J connectivity index is 1.47. The highest BCUT2D eigenvalue weighted by atomic mass is 16.5. The zero-order chi connectivity index (χ0) is 19.9. The van der Waals surface area contributed by atoms with Crippen molar-refractivity contribution in [1.29, 1.82) is 0 Å². The van der Waals surface area contributed by atoms with Gasteiger partial charge in [0.25, 0.3) is 0 Å². The summed E-state index contributed by atoms with van der Waals surface area (Å²) in [6.45, 7) is 1.19. The zero-order valence-corrected chi connectivity index (χ0v) is 15.8. The summed E-state index contributed by atoms with van der Waals surface area (Å²) in [7, 11) is 0. The van der Waals surface area contributed by atoms with E-state index in [9.17, 15) is 14.4 Å². The van der Waals surface area contributed by atoms with Crippen molar-refractivity contribution in [3.63, 3.8) is 0 Å². The van der Waals surface area contributed by atoms with Crippen LogP contribution in [0, 0.1) is 0 Å². The summed E-state index contributed by atoms with van der Waals surface area (Å²) >= 11 is 0. The van der Waals surface area contributed by atoms with E-state index in [0.29, 0.717) is 57.7 Å². The van der Waals surface area contributed by atoms with Crippen molar-refractivity contribution in [3.05, 3.63) is 23.8 Å². The molecule has 1 aromatic rings. The third-order valence-electron chi connectivity index (χ3n) is 5.03. The Morgan fingerprint density at radius 1 is 1.25 bits per heavy atom. The maximum atomic E-state index is 12.5. The topological polar surface area (TPSA) is 105 Å². The quantitative estimate of drug-likeness (QED) is 0.656. The molecule has 3 rings (SSSR count). The van der Waals surface area contributed by atoms with Crippen molar-refractivity contribution >= 4 is 23.5 Å². The van der Waals surface area contributed by atoms with Gasteiger partial charge in [0.1, 0.15) is 12.3 Å². The third-order valence-corrected chi connectivity index (χ3v) is 5.03. The Morgan fingerprint density at radius 2 is 2.04 bits per heavy atom. The van der Waals surface area contributed by atoms with Gasteiger partial charge < -0.3 is 24.8 Å². The first-order valence-electron chi connectivity index (χ1n) is 9.67. The third kappa shape index (κ3) is 5.45. The monoisotopic (exact) mass is 390 g/mol. The number of amides is 2. The number of rotatable bonds is 8. The number of carboxylic acids is 1. The van der Waals surface area contributed by atoms with E-state index in [4.69, 9.17) is 14.6 Å². The number of fused-ring (bicyclic) bond motifs is 1. The molecule has 0 atom stereocenters. The molecule has 0 aromatic heterocycles. The van der Waals surface area contributed by atoms with E-state index in [2.05, 4.69) is 5.32 Å². The lowest BCUT2D eigenvalue weighted by molar-refractivity contribution is -0.147. The van der Waals surface area contributed by atoms with Crippen LogP contribution in [0.2, 0.25) is 0 Å². The maximum Gasteiger partial charge on any atom is 0.323 e. The van der Waals surface area contributed by atoms with Crippen LogP contribution in [0.15, 0.2) is 18.2 Å². The molecule has 1 aromatic carbocycles. The number of carbonyl (C=O) groups is 3. The number of aryl methyl sites for hydroxylation is 1. The van der Waals surface area contributed by atoms with Crippen molar-refractivity contribution in [1.82, 2.24) is 4.90 Å². The number of nitrogens with one attached hydrogen (secondary N) is 1. The normalized spacial score (nSPS) is 16.8. The number of carbonyl (C=O) groups excluding carboxylic acids is 2. The van der Waals surface area contributed by atoms with Gasteiger partial charge in [0.05, 0.1) is 6.61 Å². The SMILES string of the molecule is O=C(O)CN(C(=O)CCCOc1ccc2c(c1)CCC(=O)N2)C1CCOCC1. The van der Waals surface area contributed by atoms with Crippen molar-refractivity contribution in [2.24, 2.45) is 0 Å². The van der Waals surface area contributed by atoms with E-state index in [0.717, 1.165) is 11.3 Å². The molecule has 1 saturated heterocycles. The number of ether oxygens (including phenoxy) is 2. The van der Waals surface area contributed by atoms with E-state index < -0.39 is 5.97 Å². The summed E-state index contributed by atoms with van der Waals surface area (Å²) in [4.78, 5) is 36.5. The first-order valence-corrected chi connectivity index (χ1v) is 9.67. The summed E-state index contributed by atoms with van der Waals surface area (Å²) in [6.07, 6.45) is 3.24. The molecule has 2 N–H and O–H groups in total. The second-order valence-electron chi connectivity index (χ2n) is 7.08. The summed E-state index contributed by atoms with van der Waals surface area (Å²) in [6, 6.07) is 5.46. The molecule has 0 saturated carbocycles. The van der Waals surface area contributed by atoms with E-state index >= 15 is 0 Å². The average Bonchev–Trinajstić information content (AvgIpc) is 2.69. The van der Waals surface area contributed by atoms with E-state index in [-0.39, 0.29) is 30.8 Å². The minimum atomic E-state index is -1.00. The van der Waals surface area contributed by atoms with Crippen LogP contribution < -0.4 is 10.1 Å². The molecule has 152 valence electrons. The van der Waals surface area contributed by atoms with Crippen LogP contribution in [-0.4, -0.2) is 60.2 Å². The number of benzene rings is 1. The van der Waals surface area contributed by atoms with E-state index in [1.54, 1.807) is 6.07 Å². The molecule has 2 heterocycles. The van der Waals surface area contributed by atoms with E-state index in [1.807, 2.05) is 12.1 Å². The highest BCUT2D eigenvalue weighted by Gasteiger charge is 2.27. The van der Waals surface area contributed by atoms with E-state index in [1.165, 1.54) is 4.90 Å². The van der Waals surface area contributed by atoms with Crippen LogP contribution in [0.4, 0.5) is 5.69 Å². The van der Waals surface area contributed by atoms with Crippen LogP contribution in [0.5, 0.6) is 5.75 Å². The minimum absolute atomic E-state index is 0.0233. The van der Waals surface area contributed by atoms with Crippen LogP contribution in [0.1, 0.15) is 37.7 Å². The molecular formula is C20H26N2O6. The predicted octanol–water partition coefficient (Wildman–Crippen LogP) is 1.82. The number of hydrogen-bond acceptors (Lipinski definition) is 5. The largest absolute Gasteiger partial charge is 0.494 e. The average molecular weight is 390 g/mol. The van der Waals surface area contributed by atoms with Crippen molar-refractivity contribution in [2.75, 3.05) is 31.7 Å². The van der Waals surface area contributed by atoms with Gasteiger partial charge >= 0.3 is 5.97 Å². The van der Waals surface area contributed by atoms with Gasteiger partial charge in [-0.3, -0.25) is 14.4 Å². The van der Waals surface area contributed by atoms with Crippen molar-refractivity contribution in [3.8, 4) is 5.75 Å². The Hall–Kier alpha value is -2.61. The predicted molar refractivity (Wildman–Crippen MR) is 101 cm³/mol. The molecular weight excluding hydrogens is 364 g/mol. The molecule has 0 aliphatic carbocycles. The molecule has 1 fully saturated rings. The Kier molecular flexibility index (Phi) is 6.86. The molecule has 2 aliphatic heterocycles. The molecule has 0 spiro atoms. The number of aliphatic carboxylic acids is 1. The highest BCUT2D eigenvalue weighted by molar-refractivity contribution is 5.94. The Bertz CT molecular complexity index is 729. The molecule has 0 unspecified atom stereocenters. The van der Waals surface area contributed by atoms with Gasteiger partial charge in [-0.1, -0.05) is 0 Å². The summed E-state index contributed by atoms with van der Waals surface area (Å²) in [5, 5.41) is 11.9. The van der Waals surface area contributed by atoms with Crippen LogP contribution in [0.3, 0.4) is 0 Å². The molecule has 2 aliphatic rings. The first-order chi connectivity index (χ1) is 13.5. The second-order valence-corrected chi connectivity index (χ2v) is 7.08. The lowest BCUT2D eigenvalue weighted by atomic mass is 10.0. The summed E-state index contributed by atoms with van der Waals surface area (Å²) < 4.78 is 11.0. The van der Waals surface area contributed by atoms with Crippen molar-refractivity contribution < 1.29 is 29.0 Å². The van der Waals surface area contributed by atoms with Crippen molar-refractivity contribution in [2.45, 2.75) is 44.6 Å². The Labute approximate surface area is 163 Å². The summed E-state index contributed by atoms with van der Waals surface area (Å²) in [5.41, 5.74) is 1.86. The van der Waals surface area contributed by atoms with Gasteiger partial charge in [0.15, 0.2) is 0 Å². The number of hydrogen-bond donors (Lipinski definition) is 2. The maximum absolute atomic E-state index is 12.5. The standard InChI is InChI=1S/C20H26N2O6/c23-18-6-3-14-12-16(4-5-17(14)21-18)28-9-1-2-19(24)22(13-20(25)26)15-7-10-27-11-8-15/h4-5,12,15H,1-3,6-11,13H2,(H,21,23)(H,25,26). The number of carboxylic acid groups (broad SMARTS) is 1. The first kappa shape index (κ1) is 20.1. The van der Waals surface area contributed by atoms with Gasteiger partial charge in [-0.15, -0.1) is 0 Å². The molecule has 2 amide bonds. The Morgan fingerprint density at radius 3 is 2.79 bits per heavy atom. The molecule has 0 radical (unpaired) electrons. The smallest absolute Gasteiger partial charge is 0.323 e. The molecule has 28 heavy (non-hydrogen) atoms. The van der Waals surface area contributed by atoms with Gasteiger partial charge in [-0.05, 0) is 49.4 Å². The lowest BCUT2D eigenvalue weighted by Gasteiger charge is -2.33. The number of nitrogens with zero attached hydrogens (tertiary/aromatic N) is 1. The number of anilines is 1. The minimum Gasteiger partial charge on any atom is -0.494 e. The van der Waals surface area contributed by atoms with Crippen LogP contribution in [-0.2, 0) is 25.5 Å².